The summed E-state index contributed by atoms with van der Waals surface area (Å²) in [5.41, 5.74) is 9.19. The van der Waals surface area contributed by atoms with Gasteiger partial charge in [-0.3, -0.25) is 5.41 Å². The van der Waals surface area contributed by atoms with Gasteiger partial charge in [0, 0.05) is 38.4 Å². The van der Waals surface area contributed by atoms with Crippen LogP contribution in [0.3, 0.4) is 0 Å². The molecule has 67 heavy (non-hydrogen) atoms. The van der Waals surface area contributed by atoms with E-state index in [0.29, 0.717) is 0 Å². The topological polar surface area (TPSA) is 54.3 Å². The van der Waals surface area contributed by atoms with Gasteiger partial charge in [-0.05, 0) is 109 Å². The van der Waals surface area contributed by atoms with Crippen molar-refractivity contribution >= 4 is 109 Å². The molecular weight excluding hydrogens is 815 g/mol. The second kappa shape index (κ2) is 15.7. The molecule has 4 heteroatoms. The van der Waals surface area contributed by atoms with Crippen LogP contribution in [0, 0.1) is 11.3 Å². The smallest absolute Gasteiger partial charge is 0.159 e. The van der Waals surface area contributed by atoms with E-state index < -0.39 is 0 Å². The van der Waals surface area contributed by atoms with Crippen LogP contribution in [-0.2, 0) is 6.42 Å². The molecule has 318 valence electrons. The lowest BCUT2D eigenvalue weighted by atomic mass is 9.88. The summed E-state index contributed by atoms with van der Waals surface area (Å²) in [4.78, 5) is 5.27. The van der Waals surface area contributed by atoms with Crippen LogP contribution in [0.25, 0.3) is 103 Å². The van der Waals surface area contributed by atoms with Crippen LogP contribution in [0.4, 0.5) is 0 Å². The summed E-state index contributed by atoms with van der Waals surface area (Å²) in [5, 5.41) is 26.1. The summed E-state index contributed by atoms with van der Waals surface area (Å²) in [5.74, 6) is 0.341. The zero-order valence-electron chi connectivity index (χ0n) is 37.1. The number of hydrogen-bond acceptors (Lipinski definition) is 2. The average molecular weight is 860 g/mol. The summed E-state index contributed by atoms with van der Waals surface area (Å²) in [7, 11) is 0. The summed E-state index contributed by atoms with van der Waals surface area (Å²) in [6, 6.07) is 74.1. The third-order valence-electron chi connectivity index (χ3n) is 14.3. The van der Waals surface area contributed by atoms with Crippen molar-refractivity contribution in [1.82, 2.24) is 4.57 Å². The number of furan rings is 1. The summed E-state index contributed by atoms with van der Waals surface area (Å²) in [6.07, 6.45) is 2.46. The van der Waals surface area contributed by atoms with Crippen molar-refractivity contribution in [3.05, 3.63) is 223 Å². The minimum absolute atomic E-state index is 0.0691. The molecule has 13 rings (SSSR count). The Labute approximate surface area is 387 Å². The first-order valence-electron chi connectivity index (χ1n) is 23.4. The van der Waals surface area contributed by atoms with Crippen molar-refractivity contribution in [3.8, 4) is 5.69 Å². The van der Waals surface area contributed by atoms with Gasteiger partial charge in [-0.15, -0.1) is 0 Å². The van der Waals surface area contributed by atoms with E-state index in [1.54, 1.807) is 0 Å². The van der Waals surface area contributed by atoms with Crippen molar-refractivity contribution in [2.75, 3.05) is 0 Å². The van der Waals surface area contributed by atoms with Gasteiger partial charge >= 0.3 is 0 Å². The Morgan fingerprint density at radius 3 is 1.84 bits per heavy atom. The van der Waals surface area contributed by atoms with Crippen LogP contribution < -0.4 is 0 Å². The first-order valence-corrected chi connectivity index (χ1v) is 23.4. The van der Waals surface area contributed by atoms with E-state index >= 15 is 0 Å². The Morgan fingerprint density at radius 1 is 0.493 bits per heavy atom. The van der Waals surface area contributed by atoms with E-state index in [1.165, 1.54) is 64.9 Å². The molecule has 0 bridgehead atoms. The van der Waals surface area contributed by atoms with Gasteiger partial charge in [0.15, 0.2) is 11.4 Å². The normalized spacial score (nSPS) is 12.8. The second-order valence-electron chi connectivity index (χ2n) is 18.1. The van der Waals surface area contributed by atoms with Gasteiger partial charge in [-0.1, -0.05) is 183 Å². The lowest BCUT2D eigenvalue weighted by Gasteiger charge is -2.21. The Bertz CT molecular complexity index is 4170. The lowest BCUT2D eigenvalue weighted by Crippen LogP contribution is -2.19. The van der Waals surface area contributed by atoms with Crippen LogP contribution in [0.15, 0.2) is 216 Å². The zero-order chi connectivity index (χ0) is 44.6. The molecule has 0 radical (unpaired) electrons. The maximum atomic E-state index is 9.51. The molecule has 13 aromatic rings. The molecule has 0 saturated heterocycles. The quantitative estimate of drug-likeness (QED) is 0.0924. The molecular formula is C63H45N3O. The molecule has 2 heterocycles. The Kier molecular flexibility index (Phi) is 9.14. The standard InChI is InChI=1S/C63H45N3O/c1-2-39(59(42-16-4-3-5-17-42)65-63(64)49-30-31-51-48(34-49)27-25-40-14-10-12-22-50(40)51)24-26-43-29-33-54-56-36-45-19-7-9-21-47(45)38-58(56)67-62(54)60(43)66-57-37-46-20-8-6-18-44(46)35-55(57)53-32-28-41-15-11-13-23-52(41)61(53)66/h3-23,25,27-39,64H,2,24,26H2,1H3/b64-63?,65-59+. The number of aromatic nitrogens is 1. The molecule has 11 aromatic carbocycles. The van der Waals surface area contributed by atoms with Gasteiger partial charge in [0.1, 0.15) is 5.58 Å². The number of aryl methyl sites for hydroxylation is 1. The summed E-state index contributed by atoms with van der Waals surface area (Å²) >= 11 is 0. The Morgan fingerprint density at radius 2 is 1.07 bits per heavy atom. The number of fused-ring (bicyclic) bond motifs is 13. The number of amidine groups is 1. The van der Waals surface area contributed by atoms with Gasteiger partial charge in [-0.25, -0.2) is 4.99 Å². The van der Waals surface area contributed by atoms with E-state index in [-0.39, 0.29) is 11.8 Å². The van der Waals surface area contributed by atoms with Gasteiger partial charge in [0.05, 0.1) is 22.4 Å². The van der Waals surface area contributed by atoms with E-state index in [0.717, 1.165) is 80.0 Å². The highest BCUT2D eigenvalue weighted by Crippen LogP contribution is 2.44. The summed E-state index contributed by atoms with van der Waals surface area (Å²) in [6.45, 7) is 2.26. The number of hydrogen-bond donors (Lipinski definition) is 1. The van der Waals surface area contributed by atoms with Crippen molar-refractivity contribution in [2.45, 2.75) is 26.2 Å². The molecule has 0 aliphatic carbocycles. The van der Waals surface area contributed by atoms with E-state index in [2.05, 4.69) is 218 Å². The highest BCUT2D eigenvalue weighted by atomic mass is 16.3. The van der Waals surface area contributed by atoms with Crippen molar-refractivity contribution in [2.24, 2.45) is 10.9 Å². The molecule has 4 nitrogen and oxygen atoms in total. The second-order valence-corrected chi connectivity index (χ2v) is 18.1. The SMILES string of the molecule is CCC(CCc1ccc2c(oc3cc4ccccc4cc32)c1-n1c2cc3ccccc3cc2c2ccc3ccccc3c21)/C(=N\C(=N)c1ccc2c(ccc3ccccc32)c1)c1ccccc1. The van der Waals surface area contributed by atoms with Gasteiger partial charge in [0.2, 0.25) is 0 Å². The fourth-order valence-corrected chi connectivity index (χ4v) is 10.9. The monoisotopic (exact) mass is 859 g/mol. The van der Waals surface area contributed by atoms with Crippen LogP contribution in [0.5, 0.6) is 0 Å². The minimum atomic E-state index is 0.0691. The molecule has 0 aliphatic rings. The third-order valence-corrected chi connectivity index (χ3v) is 14.3. The van der Waals surface area contributed by atoms with Crippen LogP contribution in [0.1, 0.15) is 36.5 Å². The molecule has 0 saturated carbocycles. The Hall–Kier alpha value is -8.34. The van der Waals surface area contributed by atoms with Crippen LogP contribution >= 0.6 is 0 Å². The fraction of sp³-hybridized carbons (Fsp3) is 0.0794. The van der Waals surface area contributed by atoms with Crippen molar-refractivity contribution < 1.29 is 4.42 Å². The maximum Gasteiger partial charge on any atom is 0.159 e. The van der Waals surface area contributed by atoms with Crippen molar-refractivity contribution in [1.29, 1.82) is 5.41 Å². The summed E-state index contributed by atoms with van der Waals surface area (Å²) < 4.78 is 9.71. The third kappa shape index (κ3) is 6.43. The fourth-order valence-electron chi connectivity index (χ4n) is 10.9. The highest BCUT2D eigenvalue weighted by Gasteiger charge is 2.25. The van der Waals surface area contributed by atoms with Crippen LogP contribution in [0.2, 0.25) is 0 Å². The first-order chi connectivity index (χ1) is 33.1. The van der Waals surface area contributed by atoms with E-state index in [9.17, 15) is 5.41 Å². The van der Waals surface area contributed by atoms with Gasteiger partial charge in [0.25, 0.3) is 0 Å². The van der Waals surface area contributed by atoms with Gasteiger partial charge < -0.3 is 8.98 Å². The molecule has 0 fully saturated rings. The largest absolute Gasteiger partial charge is 0.454 e. The molecule has 1 N–H and O–H groups in total. The van der Waals surface area contributed by atoms with E-state index in [1.807, 2.05) is 0 Å². The average Bonchev–Trinajstić information content (AvgIpc) is 3.91. The number of aliphatic imine (C=N–C) groups is 1. The Balaban J connectivity index is 0.999. The molecule has 1 atom stereocenters. The van der Waals surface area contributed by atoms with Crippen LogP contribution in [-0.4, -0.2) is 16.1 Å². The van der Waals surface area contributed by atoms with Crippen molar-refractivity contribution in [3.63, 3.8) is 0 Å². The zero-order valence-corrected chi connectivity index (χ0v) is 37.1. The number of nitrogens with zero attached hydrogens (tertiary/aromatic N) is 2. The van der Waals surface area contributed by atoms with Gasteiger partial charge in [-0.2, -0.15) is 0 Å². The molecule has 1 unspecified atom stereocenters. The molecule has 0 amide bonds. The molecule has 0 aliphatic heterocycles. The predicted octanol–water partition coefficient (Wildman–Crippen LogP) is 16.9. The molecule has 2 aromatic heterocycles. The minimum Gasteiger partial charge on any atom is -0.454 e. The lowest BCUT2D eigenvalue weighted by molar-refractivity contribution is 0.604. The number of benzene rings is 11. The maximum absolute atomic E-state index is 9.51. The number of rotatable bonds is 8. The van der Waals surface area contributed by atoms with E-state index in [4.69, 9.17) is 9.41 Å². The predicted molar refractivity (Wildman–Crippen MR) is 284 cm³/mol. The number of nitrogens with one attached hydrogen (secondary N) is 1. The molecule has 0 spiro atoms. The first kappa shape index (κ1) is 39.1. The highest BCUT2D eigenvalue weighted by molar-refractivity contribution is 6.22.